The van der Waals surface area contributed by atoms with Gasteiger partial charge in [-0.25, -0.2) is 8.42 Å². The molecule has 4 rings (SSSR count). The van der Waals surface area contributed by atoms with E-state index in [9.17, 15) is 18.4 Å². The summed E-state index contributed by atoms with van der Waals surface area (Å²) in [5.74, 6) is -0.0518. The molecule has 0 saturated heterocycles. The molecule has 12 heteroatoms. The molecule has 36 heavy (non-hydrogen) atoms. The predicted molar refractivity (Wildman–Crippen MR) is 126 cm³/mol. The number of hydrogen-bond acceptors (Lipinski definition) is 9. The highest BCUT2D eigenvalue weighted by Gasteiger charge is 2.35. The Labute approximate surface area is 211 Å². The summed E-state index contributed by atoms with van der Waals surface area (Å²) < 4.78 is 46.4. The van der Waals surface area contributed by atoms with Crippen LogP contribution in [0.25, 0.3) is 0 Å². The Kier molecular flexibility index (Phi) is 7.41. The van der Waals surface area contributed by atoms with Crippen LogP contribution >= 0.6 is 11.6 Å². The van der Waals surface area contributed by atoms with E-state index >= 15 is 0 Å². The summed E-state index contributed by atoms with van der Waals surface area (Å²) in [6.07, 6.45) is 0. The number of nitrogens with zero attached hydrogens (tertiary/aromatic N) is 2. The monoisotopic (exact) mass is 530 g/mol. The molecule has 0 spiro atoms. The van der Waals surface area contributed by atoms with E-state index in [4.69, 9.17) is 25.8 Å². The van der Waals surface area contributed by atoms with Crippen molar-refractivity contribution in [3.05, 3.63) is 94.2 Å². The van der Waals surface area contributed by atoms with Crippen LogP contribution in [0.2, 0.25) is 5.02 Å². The van der Waals surface area contributed by atoms with Crippen molar-refractivity contribution in [1.82, 2.24) is 5.16 Å². The molecule has 3 aromatic carbocycles. The van der Waals surface area contributed by atoms with Gasteiger partial charge in [-0.15, -0.1) is 0 Å². The number of benzene rings is 3. The second-order valence-electron chi connectivity index (χ2n) is 7.29. The number of sulfone groups is 1. The molecular formula is C24H19ClN2O8S. The Balaban J connectivity index is 1.45. The van der Waals surface area contributed by atoms with Crippen molar-refractivity contribution in [1.29, 1.82) is 0 Å². The molecule has 0 unspecified atom stereocenters. The zero-order chi connectivity index (χ0) is 25.7. The molecule has 0 N–H and O–H groups in total. The summed E-state index contributed by atoms with van der Waals surface area (Å²) in [7, 11) is -2.78. The highest BCUT2D eigenvalue weighted by molar-refractivity contribution is 7.91. The molecule has 0 aliphatic rings. The van der Waals surface area contributed by atoms with Crippen LogP contribution in [0.4, 0.5) is 0 Å². The highest BCUT2D eigenvalue weighted by Crippen LogP contribution is 2.26. The van der Waals surface area contributed by atoms with Gasteiger partial charge in [0.25, 0.3) is 9.84 Å². The van der Waals surface area contributed by atoms with Crippen LogP contribution in [0, 0.1) is 5.21 Å². The summed E-state index contributed by atoms with van der Waals surface area (Å²) >= 11 is 5.89. The molecule has 1 heterocycles. The van der Waals surface area contributed by atoms with Crippen LogP contribution in [0.1, 0.15) is 15.9 Å². The lowest BCUT2D eigenvalue weighted by Crippen LogP contribution is -2.31. The van der Waals surface area contributed by atoms with Crippen molar-refractivity contribution in [2.75, 3.05) is 20.3 Å². The fraction of sp³-hybridized carbons (Fsp3) is 0.125. The van der Waals surface area contributed by atoms with Gasteiger partial charge in [-0.2, -0.15) is 0 Å². The minimum absolute atomic E-state index is 0.0711. The Morgan fingerprint density at radius 3 is 2.33 bits per heavy atom. The number of halogens is 1. The molecule has 186 valence electrons. The summed E-state index contributed by atoms with van der Waals surface area (Å²) in [4.78, 5) is 12.5. The summed E-state index contributed by atoms with van der Waals surface area (Å²) in [6, 6.07) is 18.5. The van der Waals surface area contributed by atoms with E-state index in [1.165, 1.54) is 37.4 Å². The second kappa shape index (κ2) is 10.7. The highest BCUT2D eigenvalue weighted by atomic mass is 35.5. The van der Waals surface area contributed by atoms with Crippen molar-refractivity contribution < 1.29 is 37.0 Å². The Morgan fingerprint density at radius 1 is 0.972 bits per heavy atom. The fourth-order valence-corrected chi connectivity index (χ4v) is 4.63. The first-order chi connectivity index (χ1) is 17.3. The first kappa shape index (κ1) is 25.0. The normalized spacial score (nSPS) is 11.2. The van der Waals surface area contributed by atoms with Crippen LogP contribution in [-0.4, -0.2) is 39.7 Å². The van der Waals surface area contributed by atoms with E-state index in [2.05, 4.69) is 9.79 Å². The van der Waals surface area contributed by atoms with Crippen LogP contribution in [0.5, 0.6) is 17.4 Å². The number of ketones is 1. The topological polar surface area (TPSA) is 132 Å². The number of aromatic nitrogens is 2. The van der Waals surface area contributed by atoms with Crippen LogP contribution < -0.4 is 19.1 Å². The first-order valence-corrected chi connectivity index (χ1v) is 12.3. The molecule has 0 amide bonds. The van der Waals surface area contributed by atoms with E-state index in [0.717, 1.165) is 0 Å². The standard InChI is InChI=1S/C24H19ClN2O8S/c1-32-19-13-17(22(28)16-7-9-18(25)10-8-16)14-20(15-19)33-11-12-34-23-24(27(29)35-26-23)36(30,31)21-5-3-2-4-6-21/h2-10,13-15H,11-12H2,1H3. The Morgan fingerprint density at radius 2 is 1.64 bits per heavy atom. The molecule has 4 aromatic rings. The number of methoxy groups -OCH3 is 1. The van der Waals surface area contributed by atoms with Gasteiger partial charge in [0.2, 0.25) is 0 Å². The Bertz CT molecular complexity index is 1470. The Hall–Kier alpha value is -4.09. The average molecular weight is 531 g/mol. The van der Waals surface area contributed by atoms with E-state index in [-0.39, 0.29) is 28.8 Å². The molecule has 1 aromatic heterocycles. The van der Waals surface area contributed by atoms with E-state index < -0.39 is 20.7 Å². The van der Waals surface area contributed by atoms with Gasteiger partial charge in [-0.1, -0.05) is 29.8 Å². The van der Waals surface area contributed by atoms with E-state index in [1.807, 2.05) is 0 Å². The minimum Gasteiger partial charge on any atom is -0.497 e. The maximum absolute atomic E-state index is 12.9. The summed E-state index contributed by atoms with van der Waals surface area (Å²) in [6.45, 7) is -0.250. The zero-order valence-electron chi connectivity index (χ0n) is 18.8. The molecule has 0 fully saturated rings. The van der Waals surface area contributed by atoms with E-state index in [0.29, 0.717) is 27.6 Å². The van der Waals surface area contributed by atoms with Crippen LogP contribution in [0.3, 0.4) is 0 Å². The third-order valence-corrected chi connectivity index (χ3v) is 6.91. The molecule has 10 nitrogen and oxygen atoms in total. The number of hydrogen-bond donors (Lipinski definition) is 0. The van der Waals surface area contributed by atoms with Gasteiger partial charge in [0, 0.05) is 22.2 Å². The van der Waals surface area contributed by atoms with Gasteiger partial charge in [0.05, 0.1) is 17.2 Å². The molecule has 0 atom stereocenters. The van der Waals surface area contributed by atoms with Gasteiger partial charge in [-0.3, -0.25) is 9.42 Å². The second-order valence-corrected chi connectivity index (χ2v) is 9.59. The smallest absolute Gasteiger partial charge is 0.415 e. The van der Waals surface area contributed by atoms with Crippen molar-refractivity contribution >= 4 is 27.2 Å². The number of ether oxygens (including phenoxy) is 3. The fourth-order valence-electron chi connectivity index (χ4n) is 3.21. The van der Waals surface area contributed by atoms with E-state index in [1.54, 1.807) is 42.5 Å². The molecule has 0 aliphatic heterocycles. The summed E-state index contributed by atoms with van der Waals surface area (Å²) in [5.41, 5.74) is 0.763. The third-order valence-electron chi connectivity index (χ3n) is 4.93. The van der Waals surface area contributed by atoms with Gasteiger partial charge in [0.1, 0.15) is 24.7 Å². The van der Waals surface area contributed by atoms with Crippen molar-refractivity contribution in [2.45, 2.75) is 9.92 Å². The molecule has 0 saturated carbocycles. The van der Waals surface area contributed by atoms with Gasteiger partial charge >= 0.3 is 10.9 Å². The SMILES string of the molecule is COc1cc(OCCOc2no[n+]([O-])c2S(=O)(=O)c2ccccc2)cc(C(=O)c2ccc(Cl)cc2)c1. The molecule has 0 bridgehead atoms. The van der Waals surface area contributed by atoms with Crippen molar-refractivity contribution in [3.8, 4) is 17.4 Å². The third kappa shape index (κ3) is 5.42. The van der Waals surface area contributed by atoms with Crippen LogP contribution in [0.15, 0.2) is 87.3 Å². The van der Waals surface area contributed by atoms with Crippen molar-refractivity contribution in [2.24, 2.45) is 0 Å². The maximum Gasteiger partial charge on any atom is 0.415 e. The van der Waals surface area contributed by atoms with Gasteiger partial charge in [0.15, 0.2) is 5.78 Å². The first-order valence-electron chi connectivity index (χ1n) is 10.4. The number of carbonyl (C=O) groups excluding carboxylic acids is 1. The molecular weight excluding hydrogens is 512 g/mol. The lowest BCUT2D eigenvalue weighted by Gasteiger charge is -2.10. The molecule has 0 aliphatic carbocycles. The number of carbonyl (C=O) groups is 1. The molecule has 0 radical (unpaired) electrons. The quantitative estimate of drug-likeness (QED) is 0.172. The predicted octanol–water partition coefficient (Wildman–Crippen LogP) is 3.49. The average Bonchev–Trinajstić information content (AvgIpc) is 3.27. The van der Waals surface area contributed by atoms with Crippen molar-refractivity contribution in [3.63, 3.8) is 0 Å². The number of rotatable bonds is 10. The summed E-state index contributed by atoms with van der Waals surface area (Å²) in [5, 5.41) is 15.1. The lowest BCUT2D eigenvalue weighted by molar-refractivity contribution is -0.832. The largest absolute Gasteiger partial charge is 0.497 e. The zero-order valence-corrected chi connectivity index (χ0v) is 20.4. The van der Waals surface area contributed by atoms with Gasteiger partial charge < -0.3 is 19.4 Å². The minimum atomic E-state index is -4.23. The lowest BCUT2D eigenvalue weighted by atomic mass is 10.0. The van der Waals surface area contributed by atoms with Crippen LogP contribution in [-0.2, 0) is 9.84 Å². The maximum atomic E-state index is 12.9. The van der Waals surface area contributed by atoms with Gasteiger partial charge in [-0.05, 0) is 53.4 Å².